The van der Waals surface area contributed by atoms with Gasteiger partial charge in [0.05, 0.1) is 10.6 Å². The molecule has 1 N–H and O–H groups in total. The van der Waals surface area contributed by atoms with Crippen molar-refractivity contribution in [2.75, 3.05) is 24.7 Å². The normalized spacial score (nSPS) is 18.7. The average Bonchev–Trinajstić information content (AvgIpc) is 2.97. The number of anilines is 2. The largest absolute Gasteiger partial charge is 0.339 e. The predicted molar refractivity (Wildman–Crippen MR) is 143 cm³/mol. The van der Waals surface area contributed by atoms with E-state index >= 15 is 0 Å². The van der Waals surface area contributed by atoms with Crippen molar-refractivity contribution in [3.8, 4) is 11.1 Å². The summed E-state index contributed by atoms with van der Waals surface area (Å²) in [6.45, 7) is 3.00. The van der Waals surface area contributed by atoms with E-state index in [0.717, 1.165) is 75.0 Å². The van der Waals surface area contributed by atoms with Crippen molar-refractivity contribution in [1.82, 2.24) is 4.31 Å². The Morgan fingerprint density at radius 1 is 1.09 bits per heavy atom. The second-order valence-corrected chi connectivity index (χ2v) is 11.2. The molecule has 0 saturated carbocycles. The summed E-state index contributed by atoms with van der Waals surface area (Å²) >= 11 is 2.44. The van der Waals surface area contributed by atoms with E-state index in [1.54, 1.807) is 11.8 Å². The molecule has 0 spiro atoms. The molecule has 0 fully saturated rings. The first kappa shape index (κ1) is 24.4. The number of likely N-dealkylation sites (N-methyl/N-ethyl adjacent to an activating group) is 1. The molecule has 2 atom stereocenters. The van der Waals surface area contributed by atoms with Crippen LogP contribution in [0, 0.1) is 0 Å². The molecule has 2 unspecified atom stereocenters. The third kappa shape index (κ3) is 5.17. The second kappa shape index (κ2) is 11.1. The third-order valence-corrected chi connectivity index (χ3v) is 8.91. The lowest BCUT2D eigenvalue weighted by molar-refractivity contribution is 0.369. The molecule has 4 nitrogen and oxygen atoms in total. The molecule has 174 valence electrons. The molecule has 0 aliphatic carbocycles. The van der Waals surface area contributed by atoms with Crippen molar-refractivity contribution in [3.63, 3.8) is 0 Å². The van der Waals surface area contributed by atoms with Crippen LogP contribution in [0.25, 0.3) is 11.1 Å². The van der Waals surface area contributed by atoms with Crippen molar-refractivity contribution in [3.05, 3.63) is 66.7 Å². The Labute approximate surface area is 208 Å². The Kier molecular flexibility index (Phi) is 8.20. The van der Waals surface area contributed by atoms with E-state index < -0.39 is 11.0 Å². The summed E-state index contributed by atoms with van der Waals surface area (Å²) in [5.74, 6) is 0. The van der Waals surface area contributed by atoms with Gasteiger partial charge in [-0.2, -0.15) is 0 Å². The number of hydrogen-bond donors (Lipinski definition) is 1. The SMILES string of the molecule is CCCCC1CN(c2ccccc2)c2cc(SC)c(-c3cccc(SO)c3)cc2S(=O)N1C. The molecule has 3 aromatic carbocycles. The summed E-state index contributed by atoms with van der Waals surface area (Å²) in [4.78, 5) is 5.08. The van der Waals surface area contributed by atoms with Crippen LogP contribution in [0.15, 0.2) is 81.4 Å². The maximum Gasteiger partial charge on any atom is 0.129 e. The lowest BCUT2D eigenvalue weighted by atomic mass is 10.0. The smallest absolute Gasteiger partial charge is 0.129 e. The summed E-state index contributed by atoms with van der Waals surface area (Å²) < 4.78 is 25.4. The monoisotopic (exact) mass is 498 g/mol. The van der Waals surface area contributed by atoms with Gasteiger partial charge in [0.25, 0.3) is 0 Å². The van der Waals surface area contributed by atoms with Gasteiger partial charge in [0.1, 0.15) is 11.0 Å². The van der Waals surface area contributed by atoms with Crippen LogP contribution >= 0.6 is 23.8 Å². The topological polar surface area (TPSA) is 43.8 Å². The van der Waals surface area contributed by atoms with Crippen LogP contribution in [-0.2, 0) is 11.0 Å². The number of fused-ring (bicyclic) bond motifs is 1. The van der Waals surface area contributed by atoms with Gasteiger partial charge >= 0.3 is 0 Å². The summed E-state index contributed by atoms with van der Waals surface area (Å²) in [5, 5.41) is 0. The number of hydrogen-bond acceptors (Lipinski definition) is 5. The van der Waals surface area contributed by atoms with Gasteiger partial charge in [-0.1, -0.05) is 50.1 Å². The van der Waals surface area contributed by atoms with Crippen molar-refractivity contribution >= 4 is 46.2 Å². The molecule has 1 heterocycles. The van der Waals surface area contributed by atoms with E-state index in [9.17, 15) is 8.76 Å². The van der Waals surface area contributed by atoms with Crippen molar-refractivity contribution in [2.24, 2.45) is 0 Å². The maximum absolute atomic E-state index is 13.9. The van der Waals surface area contributed by atoms with Gasteiger partial charge < -0.3 is 9.45 Å². The minimum absolute atomic E-state index is 0.189. The van der Waals surface area contributed by atoms with Gasteiger partial charge in [0, 0.05) is 47.2 Å². The molecule has 0 saturated heterocycles. The van der Waals surface area contributed by atoms with Crippen molar-refractivity contribution < 1.29 is 8.76 Å². The molecule has 1 aliphatic rings. The van der Waals surface area contributed by atoms with Crippen LogP contribution in [0.5, 0.6) is 0 Å². The highest BCUT2D eigenvalue weighted by atomic mass is 32.2. The lowest BCUT2D eigenvalue weighted by Crippen LogP contribution is -2.38. The molecule has 4 rings (SSSR count). The van der Waals surface area contributed by atoms with Crippen molar-refractivity contribution in [1.29, 1.82) is 0 Å². The Bertz CT molecular complexity index is 1120. The summed E-state index contributed by atoms with van der Waals surface area (Å²) in [6.07, 6.45) is 5.31. The van der Waals surface area contributed by atoms with Crippen LogP contribution in [0.4, 0.5) is 11.4 Å². The Morgan fingerprint density at radius 2 is 1.88 bits per heavy atom. The van der Waals surface area contributed by atoms with E-state index in [4.69, 9.17) is 0 Å². The highest BCUT2D eigenvalue weighted by Crippen LogP contribution is 2.43. The van der Waals surface area contributed by atoms with E-state index in [-0.39, 0.29) is 6.04 Å². The van der Waals surface area contributed by atoms with E-state index in [1.807, 2.05) is 41.7 Å². The van der Waals surface area contributed by atoms with Crippen LogP contribution < -0.4 is 4.90 Å². The average molecular weight is 499 g/mol. The minimum atomic E-state index is -1.28. The summed E-state index contributed by atoms with van der Waals surface area (Å²) in [6, 6.07) is 22.7. The molecule has 1 aliphatic heterocycles. The highest BCUT2D eigenvalue weighted by Gasteiger charge is 2.32. The van der Waals surface area contributed by atoms with Crippen LogP contribution in [0.3, 0.4) is 0 Å². The highest BCUT2D eigenvalue weighted by molar-refractivity contribution is 7.98. The number of rotatable bonds is 7. The molecule has 0 radical (unpaired) electrons. The van der Waals surface area contributed by atoms with Crippen molar-refractivity contribution in [2.45, 2.75) is 46.9 Å². The Hall–Kier alpha value is -1.77. The van der Waals surface area contributed by atoms with Gasteiger partial charge in [-0.25, -0.2) is 8.51 Å². The van der Waals surface area contributed by atoms with E-state index in [1.165, 1.54) is 0 Å². The zero-order chi connectivity index (χ0) is 23.4. The molecule has 0 amide bonds. The number of nitrogens with zero attached hydrogens (tertiary/aromatic N) is 2. The molecular weight excluding hydrogens is 468 g/mol. The minimum Gasteiger partial charge on any atom is -0.339 e. The molecule has 7 heteroatoms. The molecular formula is C26H30N2O2S3. The number of unbranched alkanes of at least 4 members (excludes halogenated alkanes) is 1. The third-order valence-electron chi connectivity index (χ3n) is 6.14. The second-order valence-electron chi connectivity index (χ2n) is 8.18. The first-order valence-electron chi connectivity index (χ1n) is 11.2. The molecule has 33 heavy (non-hydrogen) atoms. The first-order chi connectivity index (χ1) is 16.1. The van der Waals surface area contributed by atoms with Gasteiger partial charge in [-0.15, -0.1) is 11.8 Å². The quantitative estimate of drug-likeness (QED) is 0.273. The molecule has 0 bridgehead atoms. The zero-order valence-corrected chi connectivity index (χ0v) is 21.7. The van der Waals surface area contributed by atoms with Gasteiger partial charge in [-0.05, 0) is 60.2 Å². The maximum atomic E-state index is 13.9. The Morgan fingerprint density at radius 3 is 2.58 bits per heavy atom. The first-order valence-corrected chi connectivity index (χ1v) is 14.3. The zero-order valence-electron chi connectivity index (χ0n) is 19.2. The van der Waals surface area contributed by atoms with Crippen LogP contribution in [0.2, 0.25) is 0 Å². The fraction of sp³-hybridized carbons (Fsp3) is 0.308. The molecule has 0 aromatic heterocycles. The van der Waals surface area contributed by atoms with E-state index in [0.29, 0.717) is 0 Å². The van der Waals surface area contributed by atoms with E-state index in [2.05, 4.69) is 54.5 Å². The fourth-order valence-corrected chi connectivity index (χ4v) is 6.56. The lowest BCUT2D eigenvalue weighted by Gasteiger charge is -2.30. The standard InChI is InChI=1S/C26H30N2O2S3/c1-4-5-11-21-18-28(20-12-7-6-8-13-20)24-17-25(31-3)23(16-26(24)33(30)27(21)2)19-10-9-14-22(15-19)32-29/h6-10,12-17,21,29H,4-5,11,18H2,1-3H3. The fourth-order valence-electron chi connectivity index (χ4n) is 4.29. The van der Waals surface area contributed by atoms with Gasteiger partial charge in [0.2, 0.25) is 0 Å². The number of thioether (sulfide) groups is 1. The number of benzene rings is 3. The molecule has 3 aromatic rings. The summed E-state index contributed by atoms with van der Waals surface area (Å²) in [7, 11) is 0.707. The van der Waals surface area contributed by atoms with Gasteiger partial charge in [0.15, 0.2) is 0 Å². The number of para-hydroxylation sites is 1. The van der Waals surface area contributed by atoms with Crippen LogP contribution in [-0.4, -0.2) is 39.0 Å². The predicted octanol–water partition coefficient (Wildman–Crippen LogP) is 7.31. The van der Waals surface area contributed by atoms with Gasteiger partial charge in [-0.3, -0.25) is 0 Å². The van der Waals surface area contributed by atoms with Crippen LogP contribution in [0.1, 0.15) is 26.2 Å². The summed E-state index contributed by atoms with van der Waals surface area (Å²) in [5.41, 5.74) is 4.18. The Balaban J connectivity index is 1.90.